The Morgan fingerprint density at radius 3 is 1.57 bits per heavy atom. The maximum absolute atomic E-state index is 13.7. The van der Waals surface area contributed by atoms with Crippen molar-refractivity contribution in [2.45, 2.75) is 38.8 Å². The van der Waals surface area contributed by atoms with Crippen LogP contribution in [0, 0.1) is 23.5 Å². The summed E-state index contributed by atoms with van der Waals surface area (Å²) in [6.07, 6.45) is 4.87. The van der Waals surface area contributed by atoms with Crippen molar-refractivity contribution in [3.8, 4) is 0 Å². The molecule has 0 amide bonds. The monoisotopic (exact) mass is 430 g/mol. The van der Waals surface area contributed by atoms with E-state index in [1.807, 2.05) is 24.3 Å². The van der Waals surface area contributed by atoms with Crippen LogP contribution in [0.5, 0.6) is 0 Å². The highest BCUT2D eigenvalue weighted by Crippen LogP contribution is 2.28. The highest BCUT2D eigenvalue weighted by molar-refractivity contribution is 5.85. The predicted molar refractivity (Wildman–Crippen MR) is 116 cm³/mol. The van der Waals surface area contributed by atoms with Crippen molar-refractivity contribution in [2.75, 3.05) is 13.1 Å². The first-order valence-corrected chi connectivity index (χ1v) is 9.60. The van der Waals surface area contributed by atoms with Crippen molar-refractivity contribution >= 4 is 24.8 Å². The largest absolute Gasteiger partial charge is 0.312 e. The molecule has 0 bridgehead atoms. The van der Waals surface area contributed by atoms with E-state index < -0.39 is 0 Å². The van der Waals surface area contributed by atoms with Crippen molar-refractivity contribution in [3.63, 3.8) is 0 Å². The van der Waals surface area contributed by atoms with Crippen molar-refractivity contribution < 1.29 is 8.78 Å². The van der Waals surface area contributed by atoms with Crippen LogP contribution in [0.2, 0.25) is 0 Å². The van der Waals surface area contributed by atoms with E-state index in [-0.39, 0.29) is 36.4 Å². The van der Waals surface area contributed by atoms with Gasteiger partial charge in [-0.25, -0.2) is 8.78 Å². The van der Waals surface area contributed by atoms with Crippen LogP contribution < -0.4 is 10.6 Å². The zero-order valence-corrected chi connectivity index (χ0v) is 17.6. The molecule has 6 heteroatoms. The smallest absolute Gasteiger partial charge is 0.127 e. The molecule has 0 aromatic heterocycles. The lowest BCUT2D eigenvalue weighted by atomic mass is 9.81. The van der Waals surface area contributed by atoms with Gasteiger partial charge < -0.3 is 10.6 Å². The zero-order valence-electron chi connectivity index (χ0n) is 16.0. The quantitative estimate of drug-likeness (QED) is 0.577. The van der Waals surface area contributed by atoms with E-state index in [4.69, 9.17) is 0 Å². The molecule has 2 N–H and O–H groups in total. The number of nitrogens with one attached hydrogen (secondary N) is 2. The topological polar surface area (TPSA) is 24.1 Å². The molecule has 0 radical (unpaired) electrons. The van der Waals surface area contributed by atoms with Crippen LogP contribution in [0.25, 0.3) is 0 Å². The second-order valence-corrected chi connectivity index (χ2v) is 7.34. The minimum absolute atomic E-state index is 0. The Labute approximate surface area is 179 Å². The first kappa shape index (κ1) is 24.8. The molecule has 2 unspecified atom stereocenters. The molecule has 1 saturated carbocycles. The second kappa shape index (κ2) is 13.1. The zero-order chi connectivity index (χ0) is 18.2. The number of rotatable bonds is 8. The maximum Gasteiger partial charge on any atom is 0.127 e. The van der Waals surface area contributed by atoms with E-state index in [9.17, 15) is 8.78 Å². The molecule has 0 saturated heterocycles. The SMILES string of the molecule is Cl.Cl.Fc1ccccc1CNCC1CCCC(CNCc2ccccc2F)C1. The number of halogens is 4. The van der Waals surface area contributed by atoms with Gasteiger partial charge in [0.2, 0.25) is 0 Å². The summed E-state index contributed by atoms with van der Waals surface area (Å²) in [6, 6.07) is 13.9. The number of hydrogen-bond donors (Lipinski definition) is 2. The lowest BCUT2D eigenvalue weighted by Gasteiger charge is -2.29. The van der Waals surface area contributed by atoms with Crippen molar-refractivity contribution in [2.24, 2.45) is 11.8 Å². The van der Waals surface area contributed by atoms with Crippen LogP contribution in [-0.4, -0.2) is 13.1 Å². The van der Waals surface area contributed by atoms with Crippen molar-refractivity contribution in [3.05, 3.63) is 71.3 Å². The Morgan fingerprint density at radius 1 is 0.714 bits per heavy atom. The molecule has 0 aliphatic heterocycles. The van der Waals surface area contributed by atoms with Gasteiger partial charge in [-0.3, -0.25) is 0 Å². The molecule has 0 heterocycles. The Balaban J connectivity index is 0.00000196. The third-order valence-electron chi connectivity index (χ3n) is 5.30. The van der Waals surface area contributed by atoms with Gasteiger partial charge in [-0.2, -0.15) is 0 Å². The van der Waals surface area contributed by atoms with Crippen LogP contribution in [0.4, 0.5) is 8.78 Å². The molecule has 3 rings (SSSR count). The van der Waals surface area contributed by atoms with Gasteiger partial charge in [0.1, 0.15) is 11.6 Å². The standard InChI is InChI=1S/C22H28F2N2.2ClH/c23-21-10-3-1-8-19(21)15-25-13-17-6-5-7-18(12-17)14-26-16-20-9-2-4-11-22(20)24;;/h1-4,8-11,17-18,25-26H,5-7,12-16H2;2*1H. The number of hydrogen-bond acceptors (Lipinski definition) is 2. The van der Waals surface area contributed by atoms with E-state index in [0.717, 1.165) is 24.2 Å². The molecule has 2 aromatic carbocycles. The van der Waals surface area contributed by atoms with Gasteiger partial charge >= 0.3 is 0 Å². The van der Waals surface area contributed by atoms with Gasteiger partial charge in [0.25, 0.3) is 0 Å². The molecular formula is C22H30Cl2F2N2. The first-order chi connectivity index (χ1) is 12.7. The Kier molecular flexibility index (Phi) is 11.6. The third-order valence-corrected chi connectivity index (χ3v) is 5.30. The van der Waals surface area contributed by atoms with E-state index in [1.165, 1.54) is 37.8 Å². The van der Waals surface area contributed by atoms with Crippen LogP contribution >= 0.6 is 24.8 Å². The molecule has 28 heavy (non-hydrogen) atoms. The van der Waals surface area contributed by atoms with Crippen molar-refractivity contribution in [1.82, 2.24) is 10.6 Å². The normalized spacial score (nSPS) is 18.8. The Hall–Kier alpha value is -1.20. The molecule has 0 spiro atoms. The van der Waals surface area contributed by atoms with Gasteiger partial charge in [0, 0.05) is 24.2 Å². The van der Waals surface area contributed by atoms with E-state index in [0.29, 0.717) is 24.9 Å². The minimum Gasteiger partial charge on any atom is -0.312 e. The van der Waals surface area contributed by atoms with Crippen LogP contribution in [0.1, 0.15) is 36.8 Å². The van der Waals surface area contributed by atoms with E-state index in [1.54, 1.807) is 12.1 Å². The molecule has 1 aliphatic rings. The van der Waals surface area contributed by atoms with Crippen LogP contribution in [0.3, 0.4) is 0 Å². The summed E-state index contributed by atoms with van der Waals surface area (Å²) in [5.74, 6) is 0.990. The summed E-state index contributed by atoms with van der Waals surface area (Å²) < 4.78 is 27.3. The third kappa shape index (κ3) is 7.67. The lowest BCUT2D eigenvalue weighted by Crippen LogP contribution is -2.31. The molecule has 2 aromatic rings. The summed E-state index contributed by atoms with van der Waals surface area (Å²) >= 11 is 0. The average Bonchev–Trinajstić information content (AvgIpc) is 2.65. The predicted octanol–water partition coefficient (Wildman–Crippen LogP) is 5.49. The lowest BCUT2D eigenvalue weighted by molar-refractivity contribution is 0.252. The molecule has 2 atom stereocenters. The summed E-state index contributed by atoms with van der Waals surface area (Å²) in [4.78, 5) is 0. The van der Waals surface area contributed by atoms with Crippen molar-refractivity contribution in [1.29, 1.82) is 0 Å². The fraction of sp³-hybridized carbons (Fsp3) is 0.455. The molecule has 1 aliphatic carbocycles. The first-order valence-electron chi connectivity index (χ1n) is 9.60. The molecule has 1 fully saturated rings. The highest BCUT2D eigenvalue weighted by atomic mass is 35.5. The van der Waals surface area contributed by atoms with Gasteiger partial charge in [-0.15, -0.1) is 24.8 Å². The Bertz CT molecular complexity index is 642. The van der Waals surface area contributed by atoms with Crippen LogP contribution in [-0.2, 0) is 13.1 Å². The van der Waals surface area contributed by atoms with Gasteiger partial charge in [0.05, 0.1) is 0 Å². The highest BCUT2D eigenvalue weighted by Gasteiger charge is 2.21. The van der Waals surface area contributed by atoms with Gasteiger partial charge in [-0.05, 0) is 56.3 Å². The summed E-state index contributed by atoms with van der Waals surface area (Å²) in [6.45, 7) is 3.02. The molecule has 2 nitrogen and oxygen atoms in total. The molecular weight excluding hydrogens is 401 g/mol. The summed E-state index contributed by atoms with van der Waals surface area (Å²) in [7, 11) is 0. The minimum atomic E-state index is -0.140. The maximum atomic E-state index is 13.7. The van der Waals surface area contributed by atoms with Gasteiger partial charge in [0.15, 0.2) is 0 Å². The summed E-state index contributed by atoms with van der Waals surface area (Å²) in [5.41, 5.74) is 1.46. The number of benzene rings is 2. The Morgan fingerprint density at radius 2 is 1.14 bits per heavy atom. The second-order valence-electron chi connectivity index (χ2n) is 7.34. The van der Waals surface area contributed by atoms with E-state index >= 15 is 0 Å². The fourth-order valence-corrected chi connectivity index (χ4v) is 3.88. The van der Waals surface area contributed by atoms with E-state index in [2.05, 4.69) is 10.6 Å². The fourth-order valence-electron chi connectivity index (χ4n) is 3.88. The summed E-state index contributed by atoms with van der Waals surface area (Å²) in [5, 5.41) is 6.82. The van der Waals surface area contributed by atoms with Gasteiger partial charge in [-0.1, -0.05) is 42.8 Å². The molecule has 156 valence electrons. The average molecular weight is 431 g/mol. The van der Waals surface area contributed by atoms with Crippen LogP contribution in [0.15, 0.2) is 48.5 Å².